The van der Waals surface area contributed by atoms with Gasteiger partial charge in [0.1, 0.15) is 0 Å². The summed E-state index contributed by atoms with van der Waals surface area (Å²) in [4.78, 5) is 14.0. The molecule has 1 aromatic rings. The predicted octanol–water partition coefficient (Wildman–Crippen LogP) is 1.95. The first-order chi connectivity index (χ1) is 9.61. The van der Waals surface area contributed by atoms with Crippen molar-refractivity contribution in [2.75, 3.05) is 37.8 Å². The first kappa shape index (κ1) is 14.7. The Morgan fingerprint density at radius 3 is 2.80 bits per heavy atom. The second-order valence-corrected chi connectivity index (χ2v) is 5.27. The van der Waals surface area contributed by atoms with Crippen LogP contribution in [0.25, 0.3) is 0 Å². The zero-order valence-corrected chi connectivity index (χ0v) is 12.2. The number of nitrogens with one attached hydrogen (secondary N) is 1. The van der Waals surface area contributed by atoms with Gasteiger partial charge in [0.2, 0.25) is 0 Å². The van der Waals surface area contributed by atoms with Crippen LogP contribution < -0.4 is 11.1 Å². The van der Waals surface area contributed by atoms with Crippen LogP contribution in [0.5, 0.6) is 0 Å². The van der Waals surface area contributed by atoms with E-state index in [2.05, 4.69) is 17.1 Å². The molecule has 1 aliphatic rings. The molecule has 3 N–H and O–H groups in total. The normalized spacial score (nSPS) is 16.9. The minimum absolute atomic E-state index is 0.347. The third-order valence-electron chi connectivity index (χ3n) is 3.83. The molecule has 1 atom stereocenters. The number of benzene rings is 1. The Morgan fingerprint density at radius 2 is 2.15 bits per heavy atom. The van der Waals surface area contributed by atoms with Gasteiger partial charge in [0.05, 0.1) is 24.0 Å². The Hall–Kier alpha value is -1.75. The summed E-state index contributed by atoms with van der Waals surface area (Å²) in [5.41, 5.74) is 7.89. The second kappa shape index (κ2) is 6.61. The van der Waals surface area contributed by atoms with Gasteiger partial charge in [0.25, 0.3) is 0 Å². The highest BCUT2D eigenvalue weighted by Gasteiger charge is 2.18. The molecule has 5 nitrogen and oxygen atoms in total. The Bertz CT molecular complexity index is 470. The number of anilines is 2. The van der Waals surface area contributed by atoms with Crippen LogP contribution in [0.3, 0.4) is 0 Å². The molecule has 0 saturated carbocycles. The zero-order valence-electron chi connectivity index (χ0n) is 12.2. The number of nitrogen functional groups attached to an aromatic ring is 1. The van der Waals surface area contributed by atoms with E-state index in [9.17, 15) is 4.79 Å². The lowest BCUT2D eigenvalue weighted by Gasteiger charge is -2.24. The minimum atomic E-state index is -0.347. The summed E-state index contributed by atoms with van der Waals surface area (Å²) in [7, 11) is 1.38. The summed E-state index contributed by atoms with van der Waals surface area (Å²) in [5, 5.41) is 3.33. The number of rotatable bonds is 5. The van der Waals surface area contributed by atoms with Gasteiger partial charge in [-0.15, -0.1) is 0 Å². The van der Waals surface area contributed by atoms with E-state index in [1.54, 1.807) is 18.2 Å². The minimum Gasteiger partial charge on any atom is -0.465 e. The maximum atomic E-state index is 11.5. The molecule has 0 aromatic heterocycles. The van der Waals surface area contributed by atoms with Crippen molar-refractivity contribution >= 4 is 17.3 Å². The quantitative estimate of drug-likeness (QED) is 0.636. The van der Waals surface area contributed by atoms with E-state index in [1.807, 2.05) is 0 Å². The van der Waals surface area contributed by atoms with E-state index in [4.69, 9.17) is 10.5 Å². The number of hydrogen-bond acceptors (Lipinski definition) is 5. The zero-order chi connectivity index (χ0) is 14.5. The number of nitrogens with zero attached hydrogens (tertiary/aromatic N) is 1. The van der Waals surface area contributed by atoms with Gasteiger partial charge in [-0.2, -0.15) is 0 Å². The fourth-order valence-corrected chi connectivity index (χ4v) is 2.52. The van der Waals surface area contributed by atoms with Crippen molar-refractivity contribution in [3.05, 3.63) is 23.8 Å². The fraction of sp³-hybridized carbons (Fsp3) is 0.533. The molecule has 0 amide bonds. The molecule has 1 aromatic carbocycles. The van der Waals surface area contributed by atoms with E-state index in [0.29, 0.717) is 17.3 Å². The van der Waals surface area contributed by atoms with E-state index in [1.165, 1.54) is 33.0 Å². The average Bonchev–Trinajstić information content (AvgIpc) is 2.99. The summed E-state index contributed by atoms with van der Waals surface area (Å²) in [6, 6.07) is 5.61. The van der Waals surface area contributed by atoms with Crippen molar-refractivity contribution in [1.29, 1.82) is 0 Å². The first-order valence-corrected chi connectivity index (χ1v) is 7.07. The van der Waals surface area contributed by atoms with Crippen LogP contribution in [0.2, 0.25) is 0 Å². The van der Waals surface area contributed by atoms with E-state index >= 15 is 0 Å². The number of carbonyl (C=O) groups is 1. The molecule has 1 heterocycles. The molecular weight excluding hydrogens is 254 g/mol. The number of likely N-dealkylation sites (tertiary alicyclic amines) is 1. The standard InChI is InChI=1S/C15H23N3O2/c1-11(18-7-3-4-8-18)10-17-14-9-12(15(19)20-2)5-6-13(14)16/h5-6,9,11,17H,3-4,7-8,10,16H2,1-2H3. The van der Waals surface area contributed by atoms with Gasteiger partial charge in [0.15, 0.2) is 0 Å². The van der Waals surface area contributed by atoms with Crippen molar-refractivity contribution in [2.45, 2.75) is 25.8 Å². The average molecular weight is 277 g/mol. The predicted molar refractivity (Wildman–Crippen MR) is 81.0 cm³/mol. The fourth-order valence-electron chi connectivity index (χ4n) is 2.52. The van der Waals surface area contributed by atoms with Crippen LogP contribution in [0.1, 0.15) is 30.1 Å². The first-order valence-electron chi connectivity index (χ1n) is 7.07. The van der Waals surface area contributed by atoms with Gasteiger partial charge >= 0.3 is 5.97 Å². The molecule has 1 saturated heterocycles. The summed E-state index contributed by atoms with van der Waals surface area (Å²) >= 11 is 0. The molecule has 1 unspecified atom stereocenters. The number of esters is 1. The molecule has 0 spiro atoms. The number of ether oxygens (including phenoxy) is 1. The lowest BCUT2D eigenvalue weighted by atomic mass is 10.1. The molecule has 5 heteroatoms. The van der Waals surface area contributed by atoms with E-state index in [0.717, 1.165) is 12.2 Å². The van der Waals surface area contributed by atoms with Gasteiger partial charge in [-0.25, -0.2) is 4.79 Å². The number of methoxy groups -OCH3 is 1. The lowest BCUT2D eigenvalue weighted by Crippen LogP contribution is -2.35. The molecule has 110 valence electrons. The number of nitrogens with two attached hydrogens (primary N) is 1. The summed E-state index contributed by atoms with van der Waals surface area (Å²) in [5.74, 6) is -0.347. The Morgan fingerprint density at radius 1 is 1.45 bits per heavy atom. The second-order valence-electron chi connectivity index (χ2n) is 5.27. The Kier molecular flexibility index (Phi) is 4.84. The van der Waals surface area contributed by atoms with Crippen LogP contribution in [0, 0.1) is 0 Å². The summed E-state index contributed by atoms with van der Waals surface area (Å²) in [6.07, 6.45) is 2.56. The van der Waals surface area contributed by atoms with Crippen molar-refractivity contribution in [1.82, 2.24) is 4.90 Å². The number of carbonyl (C=O) groups excluding carboxylic acids is 1. The topological polar surface area (TPSA) is 67.6 Å². The van der Waals surface area contributed by atoms with Crippen LogP contribution in [-0.2, 0) is 4.74 Å². The van der Waals surface area contributed by atoms with Crippen LogP contribution in [0.4, 0.5) is 11.4 Å². The van der Waals surface area contributed by atoms with Crippen LogP contribution in [-0.4, -0.2) is 43.7 Å². The molecule has 1 aliphatic heterocycles. The van der Waals surface area contributed by atoms with Crippen molar-refractivity contribution in [3.63, 3.8) is 0 Å². The molecule has 0 radical (unpaired) electrons. The van der Waals surface area contributed by atoms with Crippen molar-refractivity contribution in [2.24, 2.45) is 0 Å². The van der Waals surface area contributed by atoms with Gasteiger partial charge in [-0.3, -0.25) is 4.90 Å². The molecule has 2 rings (SSSR count). The highest BCUT2D eigenvalue weighted by molar-refractivity contribution is 5.91. The Labute approximate surface area is 120 Å². The number of hydrogen-bond donors (Lipinski definition) is 2. The van der Waals surface area contributed by atoms with Gasteiger partial charge in [-0.05, 0) is 51.1 Å². The summed E-state index contributed by atoms with van der Waals surface area (Å²) in [6.45, 7) is 5.36. The van der Waals surface area contributed by atoms with E-state index in [-0.39, 0.29) is 5.97 Å². The van der Waals surface area contributed by atoms with Gasteiger partial charge < -0.3 is 15.8 Å². The maximum Gasteiger partial charge on any atom is 0.337 e. The van der Waals surface area contributed by atoms with Crippen LogP contribution in [0.15, 0.2) is 18.2 Å². The summed E-state index contributed by atoms with van der Waals surface area (Å²) < 4.78 is 4.72. The molecule has 20 heavy (non-hydrogen) atoms. The third kappa shape index (κ3) is 3.42. The molecule has 0 bridgehead atoms. The highest BCUT2D eigenvalue weighted by Crippen LogP contribution is 2.21. The molecule has 1 fully saturated rings. The highest BCUT2D eigenvalue weighted by atomic mass is 16.5. The smallest absolute Gasteiger partial charge is 0.337 e. The van der Waals surface area contributed by atoms with Gasteiger partial charge in [-0.1, -0.05) is 0 Å². The molecule has 0 aliphatic carbocycles. The van der Waals surface area contributed by atoms with Gasteiger partial charge in [0, 0.05) is 12.6 Å². The lowest BCUT2D eigenvalue weighted by molar-refractivity contribution is 0.0601. The van der Waals surface area contributed by atoms with E-state index < -0.39 is 0 Å². The monoisotopic (exact) mass is 277 g/mol. The van der Waals surface area contributed by atoms with Crippen LogP contribution >= 0.6 is 0 Å². The van der Waals surface area contributed by atoms with Crippen molar-refractivity contribution in [3.8, 4) is 0 Å². The van der Waals surface area contributed by atoms with Crippen molar-refractivity contribution < 1.29 is 9.53 Å². The molecular formula is C15H23N3O2. The Balaban J connectivity index is 1.99. The third-order valence-corrected chi connectivity index (χ3v) is 3.83. The maximum absolute atomic E-state index is 11.5. The SMILES string of the molecule is COC(=O)c1ccc(N)c(NCC(C)N2CCCC2)c1. The largest absolute Gasteiger partial charge is 0.465 e.